The zero-order chi connectivity index (χ0) is 14.8. The molecular formula is C14H10ClNO3S. The number of hydrogen-bond donors (Lipinski definition) is 1. The minimum absolute atomic E-state index is 0.0492. The quantitative estimate of drug-likeness (QED) is 0.882. The van der Waals surface area contributed by atoms with E-state index >= 15 is 0 Å². The van der Waals surface area contributed by atoms with Crippen LogP contribution in [-0.2, 0) is 16.5 Å². The van der Waals surface area contributed by atoms with Crippen molar-refractivity contribution in [3.8, 4) is 17.2 Å². The van der Waals surface area contributed by atoms with Crippen molar-refractivity contribution in [3.63, 3.8) is 0 Å². The molecule has 4 nitrogen and oxygen atoms in total. The highest BCUT2D eigenvalue weighted by molar-refractivity contribution is 7.86. The van der Waals surface area contributed by atoms with Crippen LogP contribution in [0.1, 0.15) is 5.56 Å². The third-order valence-corrected chi connectivity index (χ3v) is 4.06. The summed E-state index contributed by atoms with van der Waals surface area (Å²) in [6.45, 7) is 0. The molecule has 2 aromatic rings. The maximum Gasteiger partial charge on any atom is 0.295 e. The molecule has 0 aliphatic carbocycles. The van der Waals surface area contributed by atoms with Crippen LogP contribution < -0.4 is 0 Å². The minimum atomic E-state index is -4.41. The number of nitriles is 1. The summed E-state index contributed by atoms with van der Waals surface area (Å²) in [5.41, 5.74) is 1.23. The Labute approximate surface area is 122 Å². The van der Waals surface area contributed by atoms with Crippen molar-refractivity contribution in [1.29, 1.82) is 5.26 Å². The third-order valence-electron chi connectivity index (χ3n) is 2.81. The molecule has 102 valence electrons. The molecule has 20 heavy (non-hydrogen) atoms. The van der Waals surface area contributed by atoms with Gasteiger partial charge in [0.1, 0.15) is 4.90 Å². The van der Waals surface area contributed by atoms with Gasteiger partial charge in [-0.15, -0.1) is 0 Å². The number of benzene rings is 2. The second kappa shape index (κ2) is 5.63. The largest absolute Gasteiger partial charge is 0.295 e. The average Bonchev–Trinajstić information content (AvgIpc) is 2.40. The van der Waals surface area contributed by atoms with Gasteiger partial charge in [0.15, 0.2) is 0 Å². The van der Waals surface area contributed by atoms with Gasteiger partial charge >= 0.3 is 0 Å². The van der Waals surface area contributed by atoms with Crippen molar-refractivity contribution in [2.45, 2.75) is 11.3 Å². The number of rotatable bonds is 3. The van der Waals surface area contributed by atoms with Gasteiger partial charge in [0.05, 0.1) is 12.5 Å². The standard InChI is InChI=1S/C14H10ClNO3S/c15-12-6-7-13(20(17,18)19)14(11(12)8-9-16)10-4-2-1-3-5-10/h1-7H,8H2,(H,17,18,19). The topological polar surface area (TPSA) is 78.2 Å². The lowest BCUT2D eigenvalue weighted by atomic mass is 9.98. The fraction of sp³-hybridized carbons (Fsp3) is 0.0714. The Morgan fingerprint density at radius 2 is 1.80 bits per heavy atom. The van der Waals surface area contributed by atoms with Gasteiger partial charge < -0.3 is 0 Å². The monoisotopic (exact) mass is 307 g/mol. The number of hydrogen-bond acceptors (Lipinski definition) is 3. The van der Waals surface area contributed by atoms with Gasteiger partial charge in [0, 0.05) is 10.6 Å². The Balaban J connectivity index is 2.87. The summed E-state index contributed by atoms with van der Waals surface area (Å²) in [6.07, 6.45) is -0.0492. The van der Waals surface area contributed by atoms with Gasteiger partial charge in [-0.2, -0.15) is 13.7 Å². The minimum Gasteiger partial charge on any atom is -0.282 e. The molecule has 0 unspecified atom stereocenters. The molecule has 0 aliphatic rings. The Bertz CT molecular complexity index is 780. The molecule has 0 saturated heterocycles. The predicted molar refractivity (Wildman–Crippen MR) is 76.0 cm³/mol. The molecule has 0 aliphatic heterocycles. The van der Waals surface area contributed by atoms with Gasteiger partial charge in [-0.05, 0) is 23.3 Å². The summed E-state index contributed by atoms with van der Waals surface area (Å²) in [6, 6.07) is 13.2. The maximum absolute atomic E-state index is 11.5. The molecule has 0 spiro atoms. The van der Waals surface area contributed by atoms with E-state index in [-0.39, 0.29) is 21.9 Å². The second-order valence-corrected chi connectivity index (χ2v) is 5.87. The van der Waals surface area contributed by atoms with Gasteiger partial charge in [-0.3, -0.25) is 4.55 Å². The Morgan fingerprint density at radius 3 is 2.35 bits per heavy atom. The molecule has 0 heterocycles. The Morgan fingerprint density at radius 1 is 1.15 bits per heavy atom. The Hall–Kier alpha value is -1.87. The van der Waals surface area contributed by atoms with Gasteiger partial charge in [0.25, 0.3) is 10.1 Å². The van der Waals surface area contributed by atoms with Crippen LogP contribution in [0.25, 0.3) is 11.1 Å². The van der Waals surface area contributed by atoms with E-state index in [1.165, 1.54) is 12.1 Å². The van der Waals surface area contributed by atoms with Gasteiger partial charge in [0.2, 0.25) is 0 Å². The SMILES string of the molecule is N#CCc1c(Cl)ccc(S(=O)(=O)O)c1-c1ccccc1. The lowest BCUT2D eigenvalue weighted by Gasteiger charge is -2.13. The molecule has 1 N–H and O–H groups in total. The smallest absolute Gasteiger partial charge is 0.282 e. The van der Waals surface area contributed by atoms with Crippen LogP contribution in [0.4, 0.5) is 0 Å². The summed E-state index contributed by atoms with van der Waals surface area (Å²) < 4.78 is 32.4. The molecule has 6 heteroatoms. The first kappa shape index (κ1) is 14.5. The molecule has 0 aromatic heterocycles. The van der Waals surface area contributed by atoms with Crippen LogP contribution >= 0.6 is 11.6 Å². The molecule has 0 amide bonds. The molecular weight excluding hydrogens is 298 g/mol. The Kier molecular flexibility index (Phi) is 4.09. The van der Waals surface area contributed by atoms with E-state index in [1.807, 2.05) is 6.07 Å². The van der Waals surface area contributed by atoms with Crippen molar-refractivity contribution < 1.29 is 13.0 Å². The zero-order valence-electron chi connectivity index (χ0n) is 10.2. The van der Waals surface area contributed by atoms with Crippen LogP contribution in [0.5, 0.6) is 0 Å². The number of halogens is 1. The maximum atomic E-state index is 11.5. The van der Waals surface area contributed by atoms with E-state index in [1.54, 1.807) is 30.3 Å². The molecule has 0 saturated carbocycles. The fourth-order valence-electron chi connectivity index (χ4n) is 1.99. The zero-order valence-corrected chi connectivity index (χ0v) is 11.8. The van der Waals surface area contributed by atoms with Crippen molar-refractivity contribution >= 4 is 21.7 Å². The third kappa shape index (κ3) is 2.83. The lowest BCUT2D eigenvalue weighted by Crippen LogP contribution is -2.04. The van der Waals surface area contributed by atoms with E-state index in [2.05, 4.69) is 0 Å². The van der Waals surface area contributed by atoms with Crippen LogP contribution in [0.3, 0.4) is 0 Å². The number of nitrogens with zero attached hydrogens (tertiary/aromatic N) is 1. The first-order valence-corrected chi connectivity index (χ1v) is 7.48. The first-order valence-electron chi connectivity index (χ1n) is 5.66. The summed E-state index contributed by atoms with van der Waals surface area (Å²) in [5.74, 6) is 0. The fourth-order valence-corrected chi connectivity index (χ4v) is 2.95. The van der Waals surface area contributed by atoms with Crippen LogP contribution in [0.15, 0.2) is 47.4 Å². The summed E-state index contributed by atoms with van der Waals surface area (Å²) in [5, 5.41) is 9.18. The molecule has 0 atom stereocenters. The molecule has 0 fully saturated rings. The van der Waals surface area contributed by atoms with E-state index < -0.39 is 10.1 Å². The predicted octanol–water partition coefficient (Wildman–Crippen LogP) is 3.32. The van der Waals surface area contributed by atoms with Crippen molar-refractivity contribution in [2.75, 3.05) is 0 Å². The van der Waals surface area contributed by atoms with Crippen LogP contribution in [0, 0.1) is 11.3 Å². The summed E-state index contributed by atoms with van der Waals surface area (Å²) >= 11 is 6.05. The van der Waals surface area contributed by atoms with Gasteiger partial charge in [-0.1, -0.05) is 41.9 Å². The molecule has 0 bridgehead atoms. The lowest BCUT2D eigenvalue weighted by molar-refractivity contribution is 0.483. The van der Waals surface area contributed by atoms with Crippen molar-refractivity contribution in [1.82, 2.24) is 0 Å². The van der Waals surface area contributed by atoms with Crippen LogP contribution in [0.2, 0.25) is 5.02 Å². The van der Waals surface area contributed by atoms with Crippen LogP contribution in [-0.4, -0.2) is 13.0 Å². The molecule has 2 aromatic carbocycles. The second-order valence-electron chi connectivity index (χ2n) is 4.08. The average molecular weight is 308 g/mol. The van der Waals surface area contributed by atoms with E-state index in [9.17, 15) is 13.0 Å². The van der Waals surface area contributed by atoms with Crippen molar-refractivity contribution in [3.05, 3.63) is 53.1 Å². The van der Waals surface area contributed by atoms with Crippen molar-refractivity contribution in [2.24, 2.45) is 0 Å². The van der Waals surface area contributed by atoms with Gasteiger partial charge in [-0.25, -0.2) is 0 Å². The molecule has 2 rings (SSSR count). The highest BCUT2D eigenvalue weighted by Gasteiger charge is 2.21. The highest BCUT2D eigenvalue weighted by Crippen LogP contribution is 2.35. The highest BCUT2D eigenvalue weighted by atomic mass is 35.5. The molecule has 0 radical (unpaired) electrons. The summed E-state index contributed by atoms with van der Waals surface area (Å²) in [7, 11) is -4.41. The summed E-state index contributed by atoms with van der Waals surface area (Å²) in [4.78, 5) is -0.252. The first-order chi connectivity index (χ1) is 9.45. The van der Waals surface area contributed by atoms with E-state index in [0.717, 1.165) is 0 Å². The van der Waals surface area contributed by atoms with E-state index in [4.69, 9.17) is 16.9 Å². The van der Waals surface area contributed by atoms with E-state index in [0.29, 0.717) is 11.1 Å². The normalized spacial score (nSPS) is 11.1.